The van der Waals surface area contributed by atoms with Gasteiger partial charge in [-0.15, -0.1) is 0 Å². The molecule has 0 bridgehead atoms. The van der Waals surface area contributed by atoms with Gasteiger partial charge >= 0.3 is 6.18 Å². The molecule has 1 unspecified atom stereocenters. The summed E-state index contributed by atoms with van der Waals surface area (Å²) in [6.07, 6.45) is -4.86. The van der Waals surface area contributed by atoms with Gasteiger partial charge in [0.1, 0.15) is 5.82 Å². The summed E-state index contributed by atoms with van der Waals surface area (Å²) in [5.41, 5.74) is -2.15. The molecule has 1 rings (SSSR count). The highest BCUT2D eigenvalue weighted by molar-refractivity contribution is 5.94. The molecular weight excluding hydrogens is 266 g/mol. The predicted molar refractivity (Wildman–Crippen MR) is 60.0 cm³/mol. The van der Waals surface area contributed by atoms with Crippen LogP contribution in [0.25, 0.3) is 0 Å². The molecule has 1 amide bonds. The normalized spacial score (nSPS) is 13.2. The second kappa shape index (κ2) is 5.56. The van der Waals surface area contributed by atoms with Crippen LogP contribution in [0, 0.1) is 5.82 Å². The quantitative estimate of drug-likeness (QED) is 0.862. The SMILES string of the molecule is CC(CO)N(C)C(=O)c1cccc(C(F)(F)F)c1F. The number of hydrogen-bond donors (Lipinski definition) is 1. The molecule has 0 radical (unpaired) electrons. The van der Waals surface area contributed by atoms with E-state index in [0.29, 0.717) is 6.07 Å². The maximum Gasteiger partial charge on any atom is 0.419 e. The Morgan fingerprint density at radius 3 is 2.47 bits per heavy atom. The summed E-state index contributed by atoms with van der Waals surface area (Å²) < 4.78 is 51.3. The minimum Gasteiger partial charge on any atom is -0.394 e. The Bertz CT molecular complexity index is 473. The third-order valence-electron chi connectivity index (χ3n) is 2.78. The molecule has 1 atom stereocenters. The molecule has 0 saturated heterocycles. The Morgan fingerprint density at radius 1 is 1.42 bits per heavy atom. The van der Waals surface area contributed by atoms with E-state index in [9.17, 15) is 22.4 Å². The Kier molecular flexibility index (Phi) is 4.52. The van der Waals surface area contributed by atoms with E-state index in [1.54, 1.807) is 0 Å². The number of benzene rings is 1. The van der Waals surface area contributed by atoms with Gasteiger partial charge in [-0.05, 0) is 19.1 Å². The molecule has 1 N–H and O–H groups in total. The van der Waals surface area contributed by atoms with Gasteiger partial charge in [-0.1, -0.05) is 6.07 Å². The van der Waals surface area contributed by atoms with Gasteiger partial charge in [0.2, 0.25) is 0 Å². The van der Waals surface area contributed by atoms with Crippen LogP contribution in [0.2, 0.25) is 0 Å². The molecule has 7 heteroatoms. The smallest absolute Gasteiger partial charge is 0.394 e. The molecular formula is C12H13F4NO2. The van der Waals surface area contributed by atoms with Gasteiger partial charge in [0.25, 0.3) is 5.91 Å². The molecule has 0 fully saturated rings. The molecule has 0 spiro atoms. The van der Waals surface area contributed by atoms with Gasteiger partial charge in [-0.25, -0.2) is 4.39 Å². The fourth-order valence-corrected chi connectivity index (χ4v) is 1.43. The summed E-state index contributed by atoms with van der Waals surface area (Å²) in [6.45, 7) is 1.12. The third-order valence-corrected chi connectivity index (χ3v) is 2.78. The zero-order valence-electron chi connectivity index (χ0n) is 10.3. The maximum absolute atomic E-state index is 13.7. The second-order valence-electron chi connectivity index (χ2n) is 4.11. The van der Waals surface area contributed by atoms with E-state index in [2.05, 4.69) is 0 Å². The molecule has 0 heterocycles. The van der Waals surface area contributed by atoms with E-state index in [4.69, 9.17) is 5.11 Å². The largest absolute Gasteiger partial charge is 0.419 e. The monoisotopic (exact) mass is 279 g/mol. The Hall–Kier alpha value is -1.63. The lowest BCUT2D eigenvalue weighted by Crippen LogP contribution is -2.38. The van der Waals surface area contributed by atoms with Gasteiger partial charge in [0.15, 0.2) is 0 Å². The van der Waals surface area contributed by atoms with Crippen LogP contribution in [0.15, 0.2) is 18.2 Å². The molecule has 106 valence electrons. The molecule has 0 aliphatic heterocycles. The molecule has 19 heavy (non-hydrogen) atoms. The number of aliphatic hydroxyl groups excluding tert-OH is 1. The highest BCUT2D eigenvalue weighted by atomic mass is 19.4. The predicted octanol–water partition coefficient (Wildman–Crippen LogP) is 2.30. The highest BCUT2D eigenvalue weighted by Gasteiger charge is 2.36. The standard InChI is InChI=1S/C12H13F4NO2/c1-7(6-18)17(2)11(19)8-4-3-5-9(10(8)13)12(14,15)16/h3-5,7,18H,6H2,1-2H3. The Morgan fingerprint density at radius 2 is 2.00 bits per heavy atom. The summed E-state index contributed by atoms with van der Waals surface area (Å²) in [5.74, 6) is -2.51. The van der Waals surface area contributed by atoms with Crippen LogP contribution in [0.4, 0.5) is 17.6 Å². The first-order valence-corrected chi connectivity index (χ1v) is 5.43. The van der Waals surface area contributed by atoms with Crippen LogP contribution >= 0.6 is 0 Å². The van der Waals surface area contributed by atoms with E-state index in [-0.39, 0.29) is 6.61 Å². The second-order valence-corrected chi connectivity index (χ2v) is 4.11. The highest BCUT2D eigenvalue weighted by Crippen LogP contribution is 2.32. The molecule has 0 aromatic heterocycles. The molecule has 1 aromatic rings. The van der Waals surface area contributed by atoms with Gasteiger partial charge in [-0.3, -0.25) is 4.79 Å². The number of hydrogen-bond acceptors (Lipinski definition) is 2. The lowest BCUT2D eigenvalue weighted by Gasteiger charge is -2.23. The first-order chi connectivity index (χ1) is 8.70. The van der Waals surface area contributed by atoms with E-state index in [1.165, 1.54) is 14.0 Å². The first-order valence-electron chi connectivity index (χ1n) is 5.43. The van der Waals surface area contributed by atoms with Gasteiger partial charge in [0, 0.05) is 7.05 Å². The Labute approximate surface area is 107 Å². The number of halogens is 4. The lowest BCUT2D eigenvalue weighted by atomic mass is 10.1. The van der Waals surface area contributed by atoms with Crippen molar-refractivity contribution in [3.63, 3.8) is 0 Å². The van der Waals surface area contributed by atoms with Crippen LogP contribution in [-0.4, -0.2) is 35.6 Å². The van der Waals surface area contributed by atoms with Crippen molar-refractivity contribution in [2.24, 2.45) is 0 Å². The van der Waals surface area contributed by atoms with E-state index in [0.717, 1.165) is 17.0 Å². The zero-order chi connectivity index (χ0) is 14.8. The zero-order valence-corrected chi connectivity index (χ0v) is 10.3. The van der Waals surface area contributed by atoms with Crippen LogP contribution in [0.3, 0.4) is 0 Å². The van der Waals surface area contributed by atoms with Crippen LogP contribution in [-0.2, 0) is 6.18 Å². The average molecular weight is 279 g/mol. The molecule has 0 saturated carbocycles. The van der Waals surface area contributed by atoms with Crippen molar-refractivity contribution in [1.82, 2.24) is 4.90 Å². The minimum atomic E-state index is -4.86. The van der Waals surface area contributed by atoms with Crippen molar-refractivity contribution in [1.29, 1.82) is 0 Å². The number of nitrogens with zero attached hydrogens (tertiary/aromatic N) is 1. The molecule has 3 nitrogen and oxygen atoms in total. The van der Waals surface area contributed by atoms with E-state index < -0.39 is 35.1 Å². The number of alkyl halides is 3. The Balaban J connectivity index is 3.19. The van der Waals surface area contributed by atoms with Gasteiger partial charge in [-0.2, -0.15) is 13.2 Å². The lowest BCUT2D eigenvalue weighted by molar-refractivity contribution is -0.140. The van der Waals surface area contributed by atoms with Crippen molar-refractivity contribution in [2.45, 2.75) is 19.1 Å². The van der Waals surface area contributed by atoms with Crippen molar-refractivity contribution >= 4 is 5.91 Å². The van der Waals surface area contributed by atoms with Gasteiger partial charge in [0.05, 0.1) is 23.8 Å². The number of aliphatic hydroxyl groups is 1. The number of rotatable bonds is 3. The van der Waals surface area contributed by atoms with Crippen molar-refractivity contribution < 1.29 is 27.5 Å². The average Bonchev–Trinajstić information content (AvgIpc) is 2.35. The van der Waals surface area contributed by atoms with E-state index >= 15 is 0 Å². The van der Waals surface area contributed by atoms with E-state index in [1.807, 2.05) is 0 Å². The number of carbonyl (C=O) groups is 1. The summed E-state index contributed by atoms with van der Waals surface area (Å²) in [4.78, 5) is 12.8. The summed E-state index contributed by atoms with van der Waals surface area (Å²) in [5, 5.41) is 8.89. The molecule has 0 aliphatic carbocycles. The molecule has 0 aliphatic rings. The van der Waals surface area contributed by atoms with Gasteiger partial charge < -0.3 is 10.0 Å². The topological polar surface area (TPSA) is 40.5 Å². The summed E-state index contributed by atoms with van der Waals surface area (Å²) >= 11 is 0. The minimum absolute atomic E-state index is 0.372. The molecule has 1 aromatic carbocycles. The number of carbonyl (C=O) groups excluding carboxylic acids is 1. The van der Waals surface area contributed by atoms with Crippen molar-refractivity contribution in [3.05, 3.63) is 35.1 Å². The third kappa shape index (κ3) is 3.23. The van der Waals surface area contributed by atoms with Crippen LogP contribution in [0.1, 0.15) is 22.8 Å². The van der Waals surface area contributed by atoms with Crippen LogP contribution < -0.4 is 0 Å². The fourth-order valence-electron chi connectivity index (χ4n) is 1.43. The van der Waals surface area contributed by atoms with Crippen LogP contribution in [0.5, 0.6) is 0 Å². The maximum atomic E-state index is 13.7. The van der Waals surface area contributed by atoms with Crippen molar-refractivity contribution in [3.8, 4) is 0 Å². The summed E-state index contributed by atoms with van der Waals surface area (Å²) in [7, 11) is 1.28. The number of likely N-dealkylation sites (N-methyl/N-ethyl adjacent to an activating group) is 1. The summed E-state index contributed by atoms with van der Waals surface area (Å²) in [6, 6.07) is 1.90. The number of amides is 1. The fraction of sp³-hybridized carbons (Fsp3) is 0.417. The van der Waals surface area contributed by atoms with Crippen molar-refractivity contribution in [2.75, 3.05) is 13.7 Å². The first kappa shape index (κ1) is 15.4.